The van der Waals surface area contributed by atoms with Crippen LogP contribution < -0.4 is 10.6 Å². The van der Waals surface area contributed by atoms with E-state index in [-0.39, 0.29) is 11.7 Å². The van der Waals surface area contributed by atoms with Gasteiger partial charge in [-0.25, -0.2) is 4.39 Å². The van der Waals surface area contributed by atoms with E-state index in [0.717, 1.165) is 30.6 Å². The van der Waals surface area contributed by atoms with Gasteiger partial charge in [-0.15, -0.1) is 0 Å². The molecule has 0 unspecified atom stereocenters. The maximum Gasteiger partial charge on any atom is 0.225 e. The van der Waals surface area contributed by atoms with Crippen molar-refractivity contribution >= 4 is 11.6 Å². The van der Waals surface area contributed by atoms with Gasteiger partial charge >= 0.3 is 0 Å². The Morgan fingerprint density at radius 3 is 2.26 bits per heavy atom. The van der Waals surface area contributed by atoms with Crippen molar-refractivity contribution in [2.45, 2.75) is 26.2 Å². The van der Waals surface area contributed by atoms with Gasteiger partial charge < -0.3 is 10.6 Å². The summed E-state index contributed by atoms with van der Waals surface area (Å²) in [5.74, 6) is -0.214. The Labute approximate surface area is 136 Å². The first-order valence-electron chi connectivity index (χ1n) is 8.01. The van der Waals surface area contributed by atoms with Crippen molar-refractivity contribution in [1.82, 2.24) is 5.32 Å². The number of anilines is 1. The number of hydrogen-bond donors (Lipinski definition) is 2. The van der Waals surface area contributed by atoms with E-state index in [1.807, 2.05) is 24.3 Å². The second-order valence-corrected chi connectivity index (χ2v) is 5.48. The molecule has 2 N–H and O–H groups in total. The molecule has 122 valence electrons. The normalized spacial score (nSPS) is 10.5. The number of aryl methyl sites for hydroxylation is 1. The number of halogens is 1. The zero-order chi connectivity index (χ0) is 16.5. The van der Waals surface area contributed by atoms with E-state index in [1.165, 1.54) is 17.7 Å². The SMILES string of the molecule is CCc1ccc(NC(=O)CCNCCc2ccc(F)cc2)cc1. The second-order valence-electron chi connectivity index (χ2n) is 5.48. The number of amides is 1. The molecule has 1 amide bonds. The lowest BCUT2D eigenvalue weighted by atomic mass is 10.1. The van der Waals surface area contributed by atoms with Gasteiger partial charge in [0.15, 0.2) is 0 Å². The minimum Gasteiger partial charge on any atom is -0.326 e. The molecule has 0 bridgehead atoms. The third-order valence-electron chi connectivity index (χ3n) is 3.68. The first-order chi connectivity index (χ1) is 11.2. The molecule has 0 spiro atoms. The van der Waals surface area contributed by atoms with Crippen molar-refractivity contribution in [3.05, 3.63) is 65.5 Å². The average Bonchev–Trinajstić information content (AvgIpc) is 2.57. The van der Waals surface area contributed by atoms with Crippen LogP contribution in [0.1, 0.15) is 24.5 Å². The Morgan fingerprint density at radius 1 is 0.957 bits per heavy atom. The molecule has 0 aliphatic carbocycles. The number of carbonyl (C=O) groups is 1. The van der Waals surface area contributed by atoms with Crippen LogP contribution in [-0.4, -0.2) is 19.0 Å². The van der Waals surface area contributed by atoms with Crippen LogP contribution in [0.25, 0.3) is 0 Å². The van der Waals surface area contributed by atoms with E-state index in [2.05, 4.69) is 17.6 Å². The maximum atomic E-state index is 12.8. The molecular weight excluding hydrogens is 291 g/mol. The molecule has 0 radical (unpaired) electrons. The Hall–Kier alpha value is -2.20. The summed E-state index contributed by atoms with van der Waals surface area (Å²) in [6, 6.07) is 14.4. The Morgan fingerprint density at radius 2 is 1.61 bits per heavy atom. The lowest BCUT2D eigenvalue weighted by molar-refractivity contribution is -0.116. The van der Waals surface area contributed by atoms with Crippen molar-refractivity contribution < 1.29 is 9.18 Å². The zero-order valence-corrected chi connectivity index (χ0v) is 13.4. The number of benzene rings is 2. The summed E-state index contributed by atoms with van der Waals surface area (Å²) in [6.45, 7) is 3.50. The van der Waals surface area contributed by atoms with E-state index in [0.29, 0.717) is 13.0 Å². The molecule has 23 heavy (non-hydrogen) atoms. The minimum absolute atomic E-state index is 0.00327. The molecule has 0 atom stereocenters. The Balaban J connectivity index is 1.61. The van der Waals surface area contributed by atoms with Gasteiger partial charge in [-0.3, -0.25) is 4.79 Å². The van der Waals surface area contributed by atoms with Crippen LogP contribution >= 0.6 is 0 Å². The van der Waals surface area contributed by atoms with Crippen LogP contribution in [0.4, 0.5) is 10.1 Å². The highest BCUT2D eigenvalue weighted by molar-refractivity contribution is 5.90. The summed E-state index contributed by atoms with van der Waals surface area (Å²) < 4.78 is 12.8. The molecule has 3 nitrogen and oxygen atoms in total. The summed E-state index contributed by atoms with van der Waals surface area (Å²) in [5, 5.41) is 6.12. The highest BCUT2D eigenvalue weighted by Crippen LogP contribution is 2.10. The van der Waals surface area contributed by atoms with Gasteiger partial charge in [0, 0.05) is 18.7 Å². The van der Waals surface area contributed by atoms with Gasteiger partial charge in [-0.1, -0.05) is 31.2 Å². The average molecular weight is 314 g/mol. The fourth-order valence-electron chi connectivity index (χ4n) is 2.26. The third kappa shape index (κ3) is 6.20. The lowest BCUT2D eigenvalue weighted by Crippen LogP contribution is -2.23. The highest BCUT2D eigenvalue weighted by Gasteiger charge is 2.02. The summed E-state index contributed by atoms with van der Waals surface area (Å²) in [7, 11) is 0. The van der Waals surface area contributed by atoms with Crippen LogP contribution in [0.3, 0.4) is 0 Å². The topological polar surface area (TPSA) is 41.1 Å². The van der Waals surface area contributed by atoms with Gasteiger partial charge in [0.05, 0.1) is 0 Å². The monoisotopic (exact) mass is 314 g/mol. The molecule has 0 fully saturated rings. The van der Waals surface area contributed by atoms with Gasteiger partial charge in [0.2, 0.25) is 5.91 Å². The van der Waals surface area contributed by atoms with Crippen LogP contribution in [0, 0.1) is 5.82 Å². The molecule has 2 aromatic rings. The molecule has 2 rings (SSSR count). The molecular formula is C19H23FN2O. The van der Waals surface area contributed by atoms with Gasteiger partial charge in [0.25, 0.3) is 0 Å². The fraction of sp³-hybridized carbons (Fsp3) is 0.316. The van der Waals surface area contributed by atoms with Crippen molar-refractivity contribution in [3.63, 3.8) is 0 Å². The Bertz CT molecular complexity index is 608. The van der Waals surface area contributed by atoms with Gasteiger partial charge in [0.1, 0.15) is 5.82 Å². The molecule has 0 aliphatic rings. The molecule has 0 aliphatic heterocycles. The maximum absolute atomic E-state index is 12.8. The first kappa shape index (κ1) is 17.2. The standard InChI is InChI=1S/C19H23FN2O/c1-2-15-5-9-18(10-6-15)22-19(23)12-14-21-13-11-16-3-7-17(20)8-4-16/h3-10,21H,2,11-14H2,1H3,(H,22,23). The number of rotatable bonds is 8. The Kier molecular flexibility index (Phi) is 6.76. The molecule has 0 aromatic heterocycles. The van der Waals surface area contributed by atoms with E-state index in [9.17, 15) is 9.18 Å². The fourth-order valence-corrected chi connectivity index (χ4v) is 2.26. The highest BCUT2D eigenvalue weighted by atomic mass is 19.1. The van der Waals surface area contributed by atoms with Crippen LogP contribution in [0.15, 0.2) is 48.5 Å². The predicted octanol–water partition coefficient (Wildman–Crippen LogP) is 3.55. The molecule has 0 heterocycles. The smallest absolute Gasteiger partial charge is 0.225 e. The van der Waals surface area contributed by atoms with E-state index < -0.39 is 0 Å². The summed E-state index contributed by atoms with van der Waals surface area (Å²) in [5.41, 5.74) is 3.17. The summed E-state index contributed by atoms with van der Waals surface area (Å²) >= 11 is 0. The minimum atomic E-state index is -0.217. The largest absolute Gasteiger partial charge is 0.326 e. The number of carbonyl (C=O) groups excluding carboxylic acids is 1. The number of nitrogens with one attached hydrogen (secondary N) is 2. The van der Waals surface area contributed by atoms with Gasteiger partial charge in [-0.05, 0) is 54.8 Å². The zero-order valence-electron chi connectivity index (χ0n) is 13.4. The van der Waals surface area contributed by atoms with Crippen LogP contribution in [0.2, 0.25) is 0 Å². The summed E-state index contributed by atoms with van der Waals surface area (Å²) in [4.78, 5) is 11.8. The predicted molar refractivity (Wildman–Crippen MR) is 92.0 cm³/mol. The van der Waals surface area contributed by atoms with Crippen molar-refractivity contribution in [1.29, 1.82) is 0 Å². The van der Waals surface area contributed by atoms with Crippen molar-refractivity contribution in [2.24, 2.45) is 0 Å². The van der Waals surface area contributed by atoms with E-state index in [4.69, 9.17) is 0 Å². The van der Waals surface area contributed by atoms with E-state index >= 15 is 0 Å². The summed E-state index contributed by atoms with van der Waals surface area (Å²) in [6.07, 6.45) is 2.24. The van der Waals surface area contributed by atoms with Crippen LogP contribution in [-0.2, 0) is 17.6 Å². The third-order valence-corrected chi connectivity index (χ3v) is 3.68. The second kappa shape index (κ2) is 9.06. The van der Waals surface area contributed by atoms with Crippen LogP contribution in [0.5, 0.6) is 0 Å². The molecule has 0 saturated heterocycles. The molecule has 0 saturated carbocycles. The van der Waals surface area contributed by atoms with Gasteiger partial charge in [-0.2, -0.15) is 0 Å². The first-order valence-corrected chi connectivity index (χ1v) is 8.01. The molecule has 2 aromatic carbocycles. The van der Waals surface area contributed by atoms with Crippen molar-refractivity contribution in [3.8, 4) is 0 Å². The van der Waals surface area contributed by atoms with E-state index in [1.54, 1.807) is 12.1 Å². The van der Waals surface area contributed by atoms with Crippen molar-refractivity contribution in [2.75, 3.05) is 18.4 Å². The number of hydrogen-bond acceptors (Lipinski definition) is 2. The molecule has 4 heteroatoms. The quantitative estimate of drug-likeness (QED) is 0.732. The lowest BCUT2D eigenvalue weighted by Gasteiger charge is -2.07.